The van der Waals surface area contributed by atoms with Gasteiger partial charge < -0.3 is 79.9 Å². The molecule has 0 aromatic rings. The van der Waals surface area contributed by atoms with Crippen molar-refractivity contribution in [2.75, 3.05) is 0 Å². The Morgan fingerprint density at radius 1 is 0.276 bits per heavy atom. The van der Waals surface area contributed by atoms with E-state index in [2.05, 4.69) is 0 Å². The van der Waals surface area contributed by atoms with Gasteiger partial charge in [-0.15, -0.1) is 0 Å². The third-order valence-electron chi connectivity index (χ3n) is 0.549. The fraction of sp³-hybridized carbons (Fsp3) is 0. The molecule has 0 aliphatic heterocycles. The standard InChI is InChI=1S/3C2H2O4.2Ce.9H2O/c3*3-1(4)2(5)6;;;;;;;;;;;/h3*(H,3,4)(H,5,6);;;9*1H2. The molecule has 0 aromatic carbocycles. The van der Waals surface area contributed by atoms with Crippen LogP contribution in [0.25, 0.3) is 0 Å². The first-order valence-electron chi connectivity index (χ1n) is 3.32. The molecule has 0 unspecified atom stereocenters. The molecule has 0 heterocycles. The first-order valence-corrected chi connectivity index (χ1v) is 3.32. The normalized spacial score (nSPS) is 4.55. The van der Waals surface area contributed by atoms with Gasteiger partial charge >= 0.3 is 35.8 Å². The molecule has 0 bridgehead atoms. The molecule has 0 aromatic heterocycles. The van der Waals surface area contributed by atoms with Crippen molar-refractivity contribution in [1.29, 1.82) is 0 Å². The quantitative estimate of drug-likeness (QED) is 0.128. The molecule has 29 heavy (non-hydrogen) atoms. The zero-order valence-electron chi connectivity index (χ0n) is 13.6. The molecule has 23 heteroatoms. The van der Waals surface area contributed by atoms with Gasteiger partial charge in [-0.1, -0.05) is 0 Å². The maximum atomic E-state index is 9.10. The second-order valence-corrected chi connectivity index (χ2v) is 1.83. The molecular weight excluding hydrogens is 688 g/mol. The first kappa shape index (κ1) is 103. The van der Waals surface area contributed by atoms with Gasteiger partial charge in [0.15, 0.2) is 0 Å². The van der Waals surface area contributed by atoms with Gasteiger partial charge in [-0.2, -0.15) is 0 Å². The van der Waals surface area contributed by atoms with Crippen LogP contribution in [-0.2, 0) is 28.8 Å². The SMILES string of the molecule is O.O.O.O.O.O.O.O.O.O=C(O)C(=O)O.O=C(O)C(=O)O.O=C(O)C(=O)O.[Ce].[Ce]. The second-order valence-electron chi connectivity index (χ2n) is 1.83. The summed E-state index contributed by atoms with van der Waals surface area (Å²) in [7, 11) is 0. The van der Waals surface area contributed by atoms with Crippen molar-refractivity contribution in [3.8, 4) is 0 Å². The van der Waals surface area contributed by atoms with Crippen LogP contribution in [0.15, 0.2) is 0 Å². The van der Waals surface area contributed by atoms with Crippen molar-refractivity contribution in [3.63, 3.8) is 0 Å². The minimum absolute atomic E-state index is 0. The van der Waals surface area contributed by atoms with Gasteiger partial charge in [0.1, 0.15) is 0 Å². The van der Waals surface area contributed by atoms with E-state index in [0.29, 0.717) is 0 Å². The van der Waals surface area contributed by atoms with Gasteiger partial charge in [0.05, 0.1) is 0 Å². The Bertz CT molecular complexity index is 286. The summed E-state index contributed by atoms with van der Waals surface area (Å²) in [4.78, 5) is 54.6. The average molecular weight is 712 g/mol. The average Bonchev–Trinajstić information content (AvgIpc) is 2.18. The summed E-state index contributed by atoms with van der Waals surface area (Å²) >= 11 is 0. The summed E-state index contributed by atoms with van der Waals surface area (Å²) in [6.07, 6.45) is 0. The molecule has 0 atom stereocenters. The zero-order chi connectivity index (χ0) is 15.5. The summed E-state index contributed by atoms with van der Waals surface area (Å²) in [6.45, 7) is 0. The first-order chi connectivity index (χ1) is 7.93. The molecule has 0 aliphatic carbocycles. The van der Waals surface area contributed by atoms with Crippen molar-refractivity contribution in [2.24, 2.45) is 0 Å². The fourth-order valence-electron chi connectivity index (χ4n) is 0. The molecule has 24 N–H and O–H groups in total. The predicted octanol–water partition coefficient (Wildman–Crippen LogP) is -9.96. The van der Waals surface area contributed by atoms with Crippen molar-refractivity contribution < 1.29 is 192 Å². The van der Waals surface area contributed by atoms with E-state index < -0.39 is 35.8 Å². The minimum atomic E-state index is -1.82. The molecule has 0 saturated heterocycles. The summed E-state index contributed by atoms with van der Waals surface area (Å²) in [5.74, 6) is -10.9. The molecule has 0 spiro atoms. The predicted molar refractivity (Wildman–Crippen MR) is 78.3 cm³/mol. The summed E-state index contributed by atoms with van der Waals surface area (Å²) in [6, 6.07) is 0. The molecule has 21 nitrogen and oxygen atoms in total. The third kappa shape index (κ3) is 138. The monoisotopic (exact) mass is 712 g/mol. The van der Waals surface area contributed by atoms with Gasteiger partial charge in [0, 0.05) is 83.5 Å². The number of carboxylic acid groups (broad SMARTS) is 6. The number of hydrogen-bond donors (Lipinski definition) is 6. The van der Waals surface area contributed by atoms with Gasteiger partial charge in [0.2, 0.25) is 0 Å². The number of carbonyl (C=O) groups is 6. The van der Waals surface area contributed by atoms with Crippen LogP contribution in [0.3, 0.4) is 0 Å². The Morgan fingerprint density at radius 3 is 0.310 bits per heavy atom. The van der Waals surface area contributed by atoms with Gasteiger partial charge in [-0.3, -0.25) is 0 Å². The van der Waals surface area contributed by atoms with E-state index >= 15 is 0 Å². The molecule has 0 aliphatic rings. The number of carboxylic acids is 6. The van der Waals surface area contributed by atoms with E-state index in [4.69, 9.17) is 59.4 Å². The Kier molecular flexibility index (Phi) is 225. The van der Waals surface area contributed by atoms with Gasteiger partial charge in [0.25, 0.3) is 0 Å². The van der Waals surface area contributed by atoms with Crippen molar-refractivity contribution in [3.05, 3.63) is 0 Å². The van der Waals surface area contributed by atoms with E-state index in [0.717, 1.165) is 0 Å². The molecule has 0 radical (unpaired) electrons. The zero-order valence-corrected chi connectivity index (χ0v) is 19.9. The molecule has 182 valence electrons. The summed E-state index contributed by atoms with van der Waals surface area (Å²) in [5, 5.41) is 44.3. The van der Waals surface area contributed by atoms with Crippen LogP contribution in [-0.4, -0.2) is 116 Å². The molecule has 0 rings (SSSR count). The number of hydrogen-bond acceptors (Lipinski definition) is 6. The number of aliphatic carboxylic acids is 6. The van der Waals surface area contributed by atoms with Gasteiger partial charge in [-0.25, -0.2) is 28.8 Å². The van der Waals surface area contributed by atoms with Crippen LogP contribution in [0.4, 0.5) is 0 Å². The van der Waals surface area contributed by atoms with Crippen molar-refractivity contribution in [2.45, 2.75) is 0 Å². The Balaban J connectivity index is -0.00000000815. The van der Waals surface area contributed by atoms with E-state index in [1.54, 1.807) is 0 Å². The van der Waals surface area contributed by atoms with Crippen LogP contribution in [0.1, 0.15) is 0 Å². The smallest absolute Gasteiger partial charge is 0.414 e. The van der Waals surface area contributed by atoms with E-state index in [9.17, 15) is 0 Å². The Hall–Kier alpha value is -0.787. The van der Waals surface area contributed by atoms with Crippen molar-refractivity contribution in [1.82, 2.24) is 0 Å². The second kappa shape index (κ2) is 63.1. The van der Waals surface area contributed by atoms with E-state index in [1.807, 2.05) is 0 Å². The van der Waals surface area contributed by atoms with Gasteiger partial charge in [-0.05, 0) is 0 Å². The van der Waals surface area contributed by atoms with E-state index in [-0.39, 0.29) is 133 Å². The van der Waals surface area contributed by atoms with Crippen LogP contribution in [0, 0.1) is 83.5 Å². The molecule has 0 fully saturated rings. The Morgan fingerprint density at radius 2 is 0.310 bits per heavy atom. The van der Waals surface area contributed by atoms with Crippen molar-refractivity contribution >= 4 is 35.8 Å². The Labute approximate surface area is 225 Å². The molecular formula is C6H24Ce2O21. The fourth-order valence-corrected chi connectivity index (χ4v) is 0. The number of rotatable bonds is 0. The molecule has 0 saturated carbocycles. The van der Waals surface area contributed by atoms with E-state index in [1.165, 1.54) is 0 Å². The van der Waals surface area contributed by atoms with Crippen LogP contribution < -0.4 is 0 Å². The third-order valence-corrected chi connectivity index (χ3v) is 0.549. The maximum absolute atomic E-state index is 9.10. The molecule has 0 amide bonds. The van der Waals surface area contributed by atoms with Crippen LogP contribution >= 0.6 is 0 Å². The largest absolute Gasteiger partial charge is 0.473 e. The van der Waals surface area contributed by atoms with Crippen LogP contribution in [0.2, 0.25) is 0 Å². The van der Waals surface area contributed by atoms with Crippen LogP contribution in [0.5, 0.6) is 0 Å². The minimum Gasteiger partial charge on any atom is -0.473 e. The maximum Gasteiger partial charge on any atom is 0.414 e. The summed E-state index contributed by atoms with van der Waals surface area (Å²) < 4.78 is 0. The topological polar surface area (TPSA) is 507 Å². The summed E-state index contributed by atoms with van der Waals surface area (Å²) in [5.41, 5.74) is 0.